The van der Waals surface area contributed by atoms with E-state index >= 15 is 0 Å². The lowest BCUT2D eigenvalue weighted by Gasteiger charge is -2.25. The zero-order valence-electron chi connectivity index (χ0n) is 8.05. The topological polar surface area (TPSA) is 29.5 Å². The third-order valence-electron chi connectivity index (χ3n) is 1.86. The van der Waals surface area contributed by atoms with E-state index in [1.165, 1.54) is 0 Å². The minimum Gasteiger partial charge on any atom is -0.388 e. The van der Waals surface area contributed by atoms with Gasteiger partial charge in [0.15, 0.2) is 0 Å². The van der Waals surface area contributed by atoms with Gasteiger partial charge in [0, 0.05) is 6.61 Å². The molecule has 0 rings (SSSR count). The summed E-state index contributed by atoms with van der Waals surface area (Å²) in [5.74, 6) is 0. The van der Waals surface area contributed by atoms with Crippen molar-refractivity contribution in [3.8, 4) is 0 Å². The molecule has 0 radical (unpaired) electrons. The van der Waals surface area contributed by atoms with Crippen LogP contribution in [0.3, 0.4) is 0 Å². The minimum absolute atomic E-state index is 0.0750. The van der Waals surface area contributed by atoms with Crippen LogP contribution in [0.1, 0.15) is 40.5 Å². The van der Waals surface area contributed by atoms with E-state index in [2.05, 4.69) is 6.92 Å². The Bertz CT molecular complexity index is 94.2. The van der Waals surface area contributed by atoms with Gasteiger partial charge in [0.25, 0.3) is 0 Å². The first-order valence-corrected chi connectivity index (χ1v) is 4.32. The zero-order valence-corrected chi connectivity index (χ0v) is 8.05. The van der Waals surface area contributed by atoms with Crippen LogP contribution < -0.4 is 0 Å². The third kappa shape index (κ3) is 5.22. The van der Waals surface area contributed by atoms with Crippen molar-refractivity contribution in [2.75, 3.05) is 6.61 Å². The van der Waals surface area contributed by atoms with Gasteiger partial charge >= 0.3 is 0 Å². The second-order valence-electron chi connectivity index (χ2n) is 3.52. The monoisotopic (exact) mass is 160 g/mol. The summed E-state index contributed by atoms with van der Waals surface area (Å²) in [4.78, 5) is 0. The second-order valence-corrected chi connectivity index (χ2v) is 3.52. The molecule has 2 heteroatoms. The van der Waals surface area contributed by atoms with Crippen molar-refractivity contribution in [3.63, 3.8) is 0 Å². The second kappa shape index (κ2) is 4.73. The van der Waals surface area contributed by atoms with Gasteiger partial charge in [-0.1, -0.05) is 13.3 Å². The molecule has 0 aliphatic rings. The molecule has 0 heterocycles. The molecule has 0 saturated heterocycles. The SMILES string of the molecule is CCCCOC(C)C(C)(C)O. The number of unbranched alkanes of at least 4 members (excludes halogenated alkanes) is 1. The Morgan fingerprint density at radius 3 is 2.36 bits per heavy atom. The van der Waals surface area contributed by atoms with Crippen molar-refractivity contribution in [3.05, 3.63) is 0 Å². The van der Waals surface area contributed by atoms with Crippen LogP contribution in [-0.4, -0.2) is 23.4 Å². The van der Waals surface area contributed by atoms with Crippen LogP contribution in [0.4, 0.5) is 0 Å². The average Bonchev–Trinajstić information content (AvgIpc) is 1.86. The van der Waals surface area contributed by atoms with Crippen LogP contribution in [0.5, 0.6) is 0 Å². The van der Waals surface area contributed by atoms with Crippen LogP contribution in [-0.2, 0) is 4.74 Å². The Balaban J connectivity index is 3.44. The summed E-state index contributed by atoms with van der Waals surface area (Å²) in [5.41, 5.74) is -0.715. The maximum atomic E-state index is 9.46. The minimum atomic E-state index is -0.715. The van der Waals surface area contributed by atoms with Crippen molar-refractivity contribution < 1.29 is 9.84 Å². The van der Waals surface area contributed by atoms with E-state index in [0.717, 1.165) is 19.4 Å². The highest BCUT2D eigenvalue weighted by Crippen LogP contribution is 2.11. The summed E-state index contributed by atoms with van der Waals surface area (Å²) in [6, 6.07) is 0. The summed E-state index contributed by atoms with van der Waals surface area (Å²) in [5, 5.41) is 9.46. The van der Waals surface area contributed by atoms with Gasteiger partial charge in [0.2, 0.25) is 0 Å². The molecule has 0 aliphatic carbocycles. The first-order valence-electron chi connectivity index (χ1n) is 4.32. The molecule has 2 nitrogen and oxygen atoms in total. The number of aliphatic hydroxyl groups is 1. The summed E-state index contributed by atoms with van der Waals surface area (Å²) < 4.78 is 5.40. The number of ether oxygens (including phenoxy) is 1. The molecule has 0 aromatic carbocycles. The van der Waals surface area contributed by atoms with Crippen molar-refractivity contribution in [2.45, 2.75) is 52.2 Å². The maximum absolute atomic E-state index is 9.46. The zero-order chi connectivity index (χ0) is 8.91. The third-order valence-corrected chi connectivity index (χ3v) is 1.86. The van der Waals surface area contributed by atoms with Gasteiger partial charge in [-0.2, -0.15) is 0 Å². The molecule has 0 aliphatic heterocycles. The number of hydrogen-bond acceptors (Lipinski definition) is 2. The quantitative estimate of drug-likeness (QED) is 0.623. The van der Waals surface area contributed by atoms with Gasteiger partial charge < -0.3 is 9.84 Å². The standard InChI is InChI=1S/C9H20O2/c1-5-6-7-11-8(2)9(3,4)10/h8,10H,5-7H2,1-4H3. The van der Waals surface area contributed by atoms with Gasteiger partial charge in [0.05, 0.1) is 11.7 Å². The predicted molar refractivity (Wildman–Crippen MR) is 46.6 cm³/mol. The Morgan fingerprint density at radius 1 is 1.45 bits per heavy atom. The van der Waals surface area contributed by atoms with Crippen LogP contribution in [0.25, 0.3) is 0 Å². The van der Waals surface area contributed by atoms with E-state index < -0.39 is 5.60 Å². The molecule has 1 N–H and O–H groups in total. The fraction of sp³-hybridized carbons (Fsp3) is 1.00. The highest BCUT2D eigenvalue weighted by molar-refractivity contribution is 4.73. The van der Waals surface area contributed by atoms with E-state index in [9.17, 15) is 5.11 Å². The van der Waals surface area contributed by atoms with Crippen molar-refractivity contribution in [2.24, 2.45) is 0 Å². The van der Waals surface area contributed by atoms with Crippen molar-refractivity contribution in [1.29, 1.82) is 0 Å². The Kier molecular flexibility index (Phi) is 4.69. The van der Waals surface area contributed by atoms with E-state index in [0.29, 0.717) is 0 Å². The van der Waals surface area contributed by atoms with Gasteiger partial charge in [0.1, 0.15) is 0 Å². The molecule has 0 saturated carbocycles. The highest BCUT2D eigenvalue weighted by atomic mass is 16.5. The molecule has 1 unspecified atom stereocenters. The van der Waals surface area contributed by atoms with E-state index in [1.54, 1.807) is 13.8 Å². The largest absolute Gasteiger partial charge is 0.388 e. The van der Waals surface area contributed by atoms with Gasteiger partial charge in [-0.05, 0) is 27.2 Å². The summed E-state index contributed by atoms with van der Waals surface area (Å²) >= 11 is 0. The van der Waals surface area contributed by atoms with E-state index in [-0.39, 0.29) is 6.10 Å². The van der Waals surface area contributed by atoms with Gasteiger partial charge in [-0.3, -0.25) is 0 Å². The smallest absolute Gasteiger partial charge is 0.0849 e. The van der Waals surface area contributed by atoms with Crippen molar-refractivity contribution >= 4 is 0 Å². The normalized spacial score (nSPS) is 15.0. The van der Waals surface area contributed by atoms with E-state index in [4.69, 9.17) is 4.74 Å². The molecule has 1 atom stereocenters. The van der Waals surface area contributed by atoms with Gasteiger partial charge in [-0.25, -0.2) is 0 Å². The summed E-state index contributed by atoms with van der Waals surface area (Å²) in [6.45, 7) is 8.31. The lowest BCUT2D eigenvalue weighted by Crippen LogP contribution is -2.35. The Labute approximate surface area is 69.6 Å². The number of rotatable bonds is 5. The Morgan fingerprint density at radius 2 is 2.00 bits per heavy atom. The maximum Gasteiger partial charge on any atom is 0.0849 e. The van der Waals surface area contributed by atoms with Crippen LogP contribution in [0, 0.1) is 0 Å². The molecule has 0 fully saturated rings. The highest BCUT2D eigenvalue weighted by Gasteiger charge is 2.22. The molecule has 0 aromatic rings. The molecular formula is C9H20O2. The summed E-state index contributed by atoms with van der Waals surface area (Å²) in [6.07, 6.45) is 2.13. The Hall–Kier alpha value is -0.0800. The van der Waals surface area contributed by atoms with Gasteiger partial charge in [-0.15, -0.1) is 0 Å². The first-order chi connectivity index (χ1) is 4.98. The van der Waals surface area contributed by atoms with Crippen LogP contribution in [0.2, 0.25) is 0 Å². The molecule has 11 heavy (non-hydrogen) atoms. The molecular weight excluding hydrogens is 140 g/mol. The average molecular weight is 160 g/mol. The molecule has 0 spiro atoms. The van der Waals surface area contributed by atoms with Crippen molar-refractivity contribution in [1.82, 2.24) is 0 Å². The summed E-state index contributed by atoms with van der Waals surface area (Å²) in [7, 11) is 0. The fourth-order valence-corrected chi connectivity index (χ4v) is 0.608. The molecule has 0 bridgehead atoms. The van der Waals surface area contributed by atoms with Crippen LogP contribution in [0.15, 0.2) is 0 Å². The lowest BCUT2D eigenvalue weighted by atomic mass is 10.0. The molecule has 68 valence electrons. The first kappa shape index (κ1) is 10.9. The van der Waals surface area contributed by atoms with Crippen LogP contribution >= 0.6 is 0 Å². The fourth-order valence-electron chi connectivity index (χ4n) is 0.608. The number of hydrogen-bond donors (Lipinski definition) is 1. The lowest BCUT2D eigenvalue weighted by molar-refractivity contribution is -0.0789. The molecule has 0 amide bonds. The van der Waals surface area contributed by atoms with E-state index in [1.807, 2.05) is 6.92 Å². The molecule has 0 aromatic heterocycles. The predicted octanol–water partition coefficient (Wildman–Crippen LogP) is 1.96.